The number of nitrogens with one attached hydrogen (secondary N) is 1. The van der Waals surface area contributed by atoms with E-state index in [1.807, 2.05) is 0 Å². The van der Waals surface area contributed by atoms with E-state index in [1.54, 1.807) is 6.07 Å². The molecule has 1 heterocycles. The maximum atomic E-state index is 13.5. The number of ether oxygens (including phenoxy) is 1. The summed E-state index contributed by atoms with van der Waals surface area (Å²) in [6, 6.07) is 2.12. The molecule has 0 saturated heterocycles. The lowest BCUT2D eigenvalue weighted by atomic mass is 9.92. The number of halogens is 6. The smallest absolute Gasteiger partial charge is 0.406 e. The molecule has 0 unspecified atom stereocenters. The molecule has 192 valence electrons. The summed E-state index contributed by atoms with van der Waals surface area (Å²) >= 11 is 5.77. The van der Waals surface area contributed by atoms with Crippen molar-refractivity contribution in [3.05, 3.63) is 48.0 Å². The van der Waals surface area contributed by atoms with E-state index < -0.39 is 66.2 Å². The molecule has 1 aliphatic rings. The molecule has 0 radical (unpaired) electrons. The molecule has 0 aliphatic heterocycles. The van der Waals surface area contributed by atoms with Crippen molar-refractivity contribution >= 4 is 29.1 Å². The van der Waals surface area contributed by atoms with Crippen molar-refractivity contribution < 1.29 is 36.3 Å². The highest BCUT2D eigenvalue weighted by molar-refractivity contribution is 6.30. The van der Waals surface area contributed by atoms with E-state index in [4.69, 9.17) is 11.6 Å². The number of carbonyl (C=O) groups excluding carboxylic acids is 2. The van der Waals surface area contributed by atoms with Gasteiger partial charge in [-0.25, -0.2) is 8.78 Å². The van der Waals surface area contributed by atoms with Crippen molar-refractivity contribution in [3.63, 3.8) is 0 Å². The van der Waals surface area contributed by atoms with Crippen LogP contribution in [0.3, 0.4) is 0 Å². The third-order valence-corrected chi connectivity index (χ3v) is 5.63. The maximum Gasteiger partial charge on any atom is 0.573 e. The van der Waals surface area contributed by atoms with Crippen LogP contribution in [-0.4, -0.2) is 46.0 Å². The van der Waals surface area contributed by atoms with Crippen LogP contribution in [0.5, 0.6) is 5.75 Å². The third-order valence-electron chi connectivity index (χ3n) is 5.40. The van der Waals surface area contributed by atoms with Gasteiger partial charge in [0.1, 0.15) is 17.7 Å². The molecule has 2 aromatic rings. The summed E-state index contributed by atoms with van der Waals surface area (Å²) in [5, 5.41) is 12.2. The monoisotopic (exact) mass is 531 g/mol. The molecule has 0 bridgehead atoms. The summed E-state index contributed by atoms with van der Waals surface area (Å²) in [5.41, 5.74) is -0.706. The SMILES string of the molecule is N#Cc1cc(OC(F)(F)F)ccc1N(C(=O)CCl)[C@@H](C(=O)NC1CCC(F)(F)CC1)c1cnccn1. The Bertz CT molecular complexity index is 1130. The first-order valence-electron chi connectivity index (χ1n) is 10.6. The molecule has 1 saturated carbocycles. The van der Waals surface area contributed by atoms with Crippen molar-refractivity contribution in [1.82, 2.24) is 15.3 Å². The van der Waals surface area contributed by atoms with Crippen LogP contribution >= 0.6 is 11.6 Å². The van der Waals surface area contributed by atoms with Crippen molar-refractivity contribution in [2.75, 3.05) is 10.8 Å². The standard InChI is InChI=1S/C22H19ClF5N5O3/c23-10-18(34)33(17-2-1-15(9-13(17)11-29)36-22(26,27)28)19(16-12-30-7-8-31-16)20(35)32-14-3-5-21(24,25)6-4-14/h1-2,7-9,12,14,19H,3-6,10H2,(H,32,35)/t19-/m1/s1. The van der Waals surface area contributed by atoms with Gasteiger partial charge >= 0.3 is 6.36 Å². The van der Waals surface area contributed by atoms with Gasteiger partial charge in [-0.05, 0) is 25.0 Å². The highest BCUT2D eigenvalue weighted by Gasteiger charge is 2.39. The molecule has 36 heavy (non-hydrogen) atoms. The molecule has 1 aromatic carbocycles. The fourth-order valence-corrected chi connectivity index (χ4v) is 3.92. The zero-order valence-electron chi connectivity index (χ0n) is 18.4. The van der Waals surface area contributed by atoms with Gasteiger partial charge in [-0.2, -0.15) is 5.26 Å². The molecule has 8 nitrogen and oxygen atoms in total. The predicted molar refractivity (Wildman–Crippen MR) is 116 cm³/mol. The first-order chi connectivity index (χ1) is 16.9. The van der Waals surface area contributed by atoms with Crippen LogP contribution in [0, 0.1) is 11.3 Å². The van der Waals surface area contributed by atoms with Crippen LogP contribution in [0.15, 0.2) is 36.8 Å². The van der Waals surface area contributed by atoms with Crippen LogP contribution in [0.2, 0.25) is 0 Å². The Labute approximate surface area is 207 Å². The zero-order chi connectivity index (χ0) is 26.5. The van der Waals surface area contributed by atoms with Gasteiger partial charge in [0.15, 0.2) is 6.04 Å². The lowest BCUT2D eigenvalue weighted by Crippen LogP contribution is -2.49. The van der Waals surface area contributed by atoms with Gasteiger partial charge in [0.05, 0.1) is 23.1 Å². The van der Waals surface area contributed by atoms with Crippen molar-refractivity contribution in [3.8, 4) is 11.8 Å². The second-order valence-corrected chi connectivity index (χ2v) is 8.17. The summed E-state index contributed by atoms with van der Waals surface area (Å²) in [4.78, 5) is 35.1. The first kappa shape index (κ1) is 27.1. The molecule has 1 N–H and O–H groups in total. The molecule has 3 rings (SSSR count). The van der Waals surface area contributed by atoms with Gasteiger partial charge in [-0.15, -0.1) is 24.8 Å². The Morgan fingerprint density at radius 3 is 2.53 bits per heavy atom. The summed E-state index contributed by atoms with van der Waals surface area (Å²) in [6.07, 6.45) is -2.19. The Hall–Kier alpha value is -3.53. The minimum absolute atomic E-state index is 0.0116. The second kappa shape index (κ2) is 11.0. The molecule has 1 aliphatic carbocycles. The van der Waals surface area contributed by atoms with Crippen LogP contribution < -0.4 is 15.0 Å². The normalized spacial score (nSPS) is 16.5. The van der Waals surface area contributed by atoms with Crippen molar-refractivity contribution in [2.24, 2.45) is 0 Å². The lowest BCUT2D eigenvalue weighted by molar-refractivity contribution is -0.274. The predicted octanol–water partition coefficient (Wildman–Crippen LogP) is 4.25. The lowest BCUT2D eigenvalue weighted by Gasteiger charge is -2.34. The molecular weight excluding hydrogens is 513 g/mol. The topological polar surface area (TPSA) is 108 Å². The Kier molecular flexibility index (Phi) is 8.29. The molecule has 0 spiro atoms. The average Bonchev–Trinajstić information content (AvgIpc) is 2.83. The Morgan fingerprint density at radius 1 is 1.28 bits per heavy atom. The number of benzene rings is 1. The molecular formula is C22H19ClF5N5O3. The summed E-state index contributed by atoms with van der Waals surface area (Å²) in [5.74, 6) is -5.91. The quantitative estimate of drug-likeness (QED) is 0.423. The molecule has 1 fully saturated rings. The summed E-state index contributed by atoms with van der Waals surface area (Å²) in [6.45, 7) is 0. The largest absolute Gasteiger partial charge is 0.573 e. The highest BCUT2D eigenvalue weighted by atomic mass is 35.5. The van der Waals surface area contributed by atoms with Gasteiger partial charge in [-0.1, -0.05) is 0 Å². The number of alkyl halides is 6. The summed E-state index contributed by atoms with van der Waals surface area (Å²) in [7, 11) is 0. The van der Waals surface area contributed by atoms with E-state index in [0.717, 1.165) is 23.1 Å². The number of aromatic nitrogens is 2. The average molecular weight is 532 g/mol. The van der Waals surface area contributed by atoms with Gasteiger partial charge in [0.2, 0.25) is 17.7 Å². The van der Waals surface area contributed by atoms with Crippen LogP contribution in [-0.2, 0) is 9.59 Å². The number of anilines is 1. The van der Waals surface area contributed by atoms with Crippen LogP contribution in [0.25, 0.3) is 0 Å². The van der Waals surface area contributed by atoms with E-state index >= 15 is 0 Å². The van der Waals surface area contributed by atoms with E-state index in [0.29, 0.717) is 0 Å². The van der Waals surface area contributed by atoms with E-state index in [2.05, 4.69) is 20.0 Å². The number of hydrogen-bond acceptors (Lipinski definition) is 6. The van der Waals surface area contributed by atoms with Gasteiger partial charge in [0, 0.05) is 37.3 Å². The first-order valence-corrected chi connectivity index (χ1v) is 11.1. The number of hydrogen-bond donors (Lipinski definition) is 1. The molecule has 1 aromatic heterocycles. The van der Waals surface area contributed by atoms with Gasteiger partial charge in [0.25, 0.3) is 0 Å². The van der Waals surface area contributed by atoms with Crippen LogP contribution in [0.1, 0.15) is 43.0 Å². The number of nitrogens with zero attached hydrogens (tertiary/aromatic N) is 4. The number of nitriles is 1. The molecule has 1 atom stereocenters. The van der Waals surface area contributed by atoms with E-state index in [-0.39, 0.29) is 24.2 Å². The third kappa shape index (κ3) is 6.78. The maximum absolute atomic E-state index is 13.5. The summed E-state index contributed by atoms with van der Waals surface area (Å²) < 4.78 is 68.9. The van der Waals surface area contributed by atoms with Crippen molar-refractivity contribution in [2.45, 2.75) is 50.1 Å². The van der Waals surface area contributed by atoms with E-state index in [9.17, 15) is 36.8 Å². The fraction of sp³-hybridized carbons (Fsp3) is 0.409. The Morgan fingerprint density at radius 2 is 1.97 bits per heavy atom. The Balaban J connectivity index is 2.03. The fourth-order valence-electron chi connectivity index (χ4n) is 3.79. The second-order valence-electron chi connectivity index (χ2n) is 7.91. The van der Waals surface area contributed by atoms with Gasteiger partial charge < -0.3 is 10.1 Å². The van der Waals surface area contributed by atoms with Crippen molar-refractivity contribution in [1.29, 1.82) is 5.26 Å². The van der Waals surface area contributed by atoms with Crippen LogP contribution in [0.4, 0.5) is 27.6 Å². The number of carbonyl (C=O) groups is 2. The highest BCUT2D eigenvalue weighted by Crippen LogP contribution is 2.36. The minimum atomic E-state index is -5.03. The zero-order valence-corrected chi connectivity index (χ0v) is 19.2. The van der Waals surface area contributed by atoms with E-state index in [1.165, 1.54) is 18.6 Å². The molecule has 2 amide bonds. The molecule has 14 heteroatoms. The number of rotatable bonds is 7. The minimum Gasteiger partial charge on any atom is -0.406 e. The van der Waals surface area contributed by atoms with Gasteiger partial charge in [-0.3, -0.25) is 24.5 Å². The number of amides is 2.